The highest BCUT2D eigenvalue weighted by atomic mass is 127. The third-order valence-corrected chi connectivity index (χ3v) is 6.80. The Bertz CT molecular complexity index is 981. The molecule has 1 fully saturated rings. The molecule has 140 valence electrons. The first-order valence-electron chi connectivity index (χ1n) is 7.52. The second kappa shape index (κ2) is 8.89. The first-order valence-corrected chi connectivity index (χ1v) is 11.3. The summed E-state index contributed by atoms with van der Waals surface area (Å²) in [5.74, 6) is 0.333. The molecule has 1 heterocycles. The van der Waals surface area contributed by atoms with Crippen LogP contribution in [0.1, 0.15) is 11.1 Å². The lowest BCUT2D eigenvalue weighted by Gasteiger charge is -2.13. The van der Waals surface area contributed by atoms with E-state index in [2.05, 4.69) is 45.2 Å². The van der Waals surface area contributed by atoms with Gasteiger partial charge in [0.05, 0.1) is 32.2 Å². The van der Waals surface area contributed by atoms with E-state index in [0.29, 0.717) is 20.7 Å². The zero-order valence-electron chi connectivity index (χ0n) is 13.8. The molecule has 0 N–H and O–H groups in total. The molecule has 1 saturated heterocycles. The van der Waals surface area contributed by atoms with Gasteiger partial charge in [0.2, 0.25) is 0 Å². The van der Waals surface area contributed by atoms with Crippen molar-refractivity contribution < 1.29 is 14.3 Å². The van der Waals surface area contributed by atoms with Crippen LogP contribution in [0.2, 0.25) is 10.0 Å². The van der Waals surface area contributed by atoms with E-state index in [9.17, 15) is 9.59 Å². The van der Waals surface area contributed by atoms with Crippen molar-refractivity contribution in [3.8, 4) is 5.75 Å². The van der Waals surface area contributed by atoms with Crippen LogP contribution >= 0.6 is 80.1 Å². The molecule has 3 rings (SSSR count). The summed E-state index contributed by atoms with van der Waals surface area (Å²) in [4.78, 5) is 26.7. The molecule has 2 aromatic rings. The number of methoxy groups -OCH3 is 1. The van der Waals surface area contributed by atoms with Crippen molar-refractivity contribution in [2.24, 2.45) is 0 Å². The van der Waals surface area contributed by atoms with Crippen LogP contribution in [0.3, 0.4) is 0 Å². The highest BCUT2D eigenvalue weighted by Gasteiger charge is 2.35. The van der Waals surface area contributed by atoms with Gasteiger partial charge in [-0.2, -0.15) is 0 Å². The number of thioether (sulfide) groups is 1. The van der Waals surface area contributed by atoms with Gasteiger partial charge in [0.25, 0.3) is 11.1 Å². The number of rotatable bonds is 4. The van der Waals surface area contributed by atoms with Crippen LogP contribution in [0.25, 0.3) is 6.08 Å². The molecule has 2 amide bonds. The maximum atomic E-state index is 12.8. The Labute approximate surface area is 197 Å². The minimum atomic E-state index is -0.341. The Kier molecular flexibility index (Phi) is 6.99. The fraction of sp³-hybridized carbons (Fsp3) is 0.111. The summed E-state index contributed by atoms with van der Waals surface area (Å²) in [6.07, 6.45) is 1.70. The highest BCUT2D eigenvalue weighted by Crippen LogP contribution is 2.37. The van der Waals surface area contributed by atoms with E-state index in [-0.39, 0.29) is 17.7 Å². The molecule has 1 aliphatic heterocycles. The fourth-order valence-corrected chi connectivity index (χ4v) is 5.76. The summed E-state index contributed by atoms with van der Waals surface area (Å²) in [7, 11) is 1.58. The zero-order valence-corrected chi connectivity index (χ0v) is 20.4. The molecule has 9 heteroatoms. The van der Waals surface area contributed by atoms with E-state index >= 15 is 0 Å². The third kappa shape index (κ3) is 4.75. The largest absolute Gasteiger partial charge is 0.495 e. The lowest BCUT2D eigenvalue weighted by atomic mass is 10.1. The van der Waals surface area contributed by atoms with Gasteiger partial charge >= 0.3 is 0 Å². The van der Waals surface area contributed by atoms with Gasteiger partial charge in [-0.1, -0.05) is 29.3 Å². The van der Waals surface area contributed by atoms with Gasteiger partial charge in [-0.3, -0.25) is 14.5 Å². The first kappa shape index (κ1) is 21.2. The summed E-state index contributed by atoms with van der Waals surface area (Å²) in [6, 6.07) is 8.93. The van der Waals surface area contributed by atoms with E-state index in [1.807, 2.05) is 12.1 Å². The predicted molar refractivity (Wildman–Crippen MR) is 126 cm³/mol. The van der Waals surface area contributed by atoms with Gasteiger partial charge in [-0.05, 0) is 92.8 Å². The zero-order chi connectivity index (χ0) is 19.7. The quantitative estimate of drug-likeness (QED) is 0.283. The monoisotopic (exact) mass is 645 g/mol. The number of carbonyl (C=O) groups excluding carboxylic acids is 2. The molecule has 0 radical (unpaired) electrons. The number of amides is 2. The van der Waals surface area contributed by atoms with Crippen LogP contribution < -0.4 is 4.74 Å². The fourth-order valence-electron chi connectivity index (χ4n) is 2.50. The summed E-state index contributed by atoms with van der Waals surface area (Å²) >= 11 is 17.2. The molecular formula is C18H11Cl2I2NO3S. The number of imide groups is 1. The maximum Gasteiger partial charge on any atom is 0.293 e. The van der Waals surface area contributed by atoms with Crippen molar-refractivity contribution in [1.29, 1.82) is 0 Å². The number of benzene rings is 2. The Morgan fingerprint density at radius 3 is 2.56 bits per heavy atom. The highest BCUT2D eigenvalue weighted by molar-refractivity contribution is 14.1. The number of nitrogens with zero attached hydrogens (tertiary/aromatic N) is 1. The Balaban J connectivity index is 1.90. The van der Waals surface area contributed by atoms with Gasteiger partial charge in [-0.25, -0.2) is 0 Å². The first-order chi connectivity index (χ1) is 12.8. The molecule has 0 aliphatic carbocycles. The maximum absolute atomic E-state index is 12.8. The van der Waals surface area contributed by atoms with E-state index in [1.54, 1.807) is 31.4 Å². The number of ether oxygens (including phenoxy) is 1. The Hall–Kier alpha value is -0.490. The second-order valence-electron chi connectivity index (χ2n) is 5.53. The molecule has 1 aliphatic rings. The SMILES string of the molecule is COc1c(I)cc(I)cc1/C=C1/SC(=O)N(Cc2ccc(Cl)c(Cl)c2)C1=O. The van der Waals surface area contributed by atoms with Crippen LogP contribution in [-0.4, -0.2) is 23.2 Å². The van der Waals surface area contributed by atoms with E-state index < -0.39 is 0 Å². The Morgan fingerprint density at radius 1 is 1.15 bits per heavy atom. The molecule has 0 unspecified atom stereocenters. The Morgan fingerprint density at radius 2 is 1.89 bits per heavy atom. The van der Waals surface area contributed by atoms with Crippen LogP contribution in [0.5, 0.6) is 5.75 Å². The van der Waals surface area contributed by atoms with Crippen LogP contribution in [0.15, 0.2) is 35.2 Å². The smallest absolute Gasteiger partial charge is 0.293 e. The van der Waals surface area contributed by atoms with Gasteiger partial charge in [-0.15, -0.1) is 0 Å². The van der Waals surface area contributed by atoms with Crippen molar-refractivity contribution in [1.82, 2.24) is 4.90 Å². The minimum absolute atomic E-state index is 0.139. The normalized spacial score (nSPS) is 15.7. The predicted octanol–water partition coefficient (Wildman–Crippen LogP) is 6.45. The van der Waals surface area contributed by atoms with Crippen LogP contribution in [0, 0.1) is 7.14 Å². The lowest BCUT2D eigenvalue weighted by molar-refractivity contribution is -0.123. The molecule has 0 aromatic heterocycles. The third-order valence-electron chi connectivity index (χ3n) is 3.73. The molecule has 0 spiro atoms. The molecule has 0 bridgehead atoms. The summed E-state index contributed by atoms with van der Waals surface area (Å²) in [5.41, 5.74) is 1.49. The molecular weight excluding hydrogens is 635 g/mol. The average Bonchev–Trinajstić information content (AvgIpc) is 2.85. The summed E-state index contributed by atoms with van der Waals surface area (Å²) < 4.78 is 7.40. The van der Waals surface area contributed by atoms with Crippen LogP contribution in [-0.2, 0) is 11.3 Å². The molecule has 2 aromatic carbocycles. The van der Waals surface area contributed by atoms with E-state index in [1.165, 1.54) is 4.90 Å². The number of halogens is 4. The van der Waals surface area contributed by atoms with Crippen molar-refractivity contribution in [3.63, 3.8) is 0 Å². The molecule has 0 atom stereocenters. The average molecular weight is 646 g/mol. The lowest BCUT2D eigenvalue weighted by Crippen LogP contribution is -2.27. The van der Waals surface area contributed by atoms with Crippen molar-refractivity contribution in [3.05, 3.63) is 63.5 Å². The standard InChI is InChI=1S/C18H11Cl2I2NO3S/c1-26-16-10(5-11(21)7-14(16)22)6-15-17(24)23(18(25)27-15)8-9-2-3-12(19)13(20)4-9/h2-7H,8H2,1H3/b15-6+. The van der Waals surface area contributed by atoms with Gasteiger partial charge in [0, 0.05) is 9.13 Å². The van der Waals surface area contributed by atoms with Gasteiger partial charge in [0.1, 0.15) is 5.75 Å². The number of hydrogen-bond acceptors (Lipinski definition) is 4. The number of hydrogen-bond donors (Lipinski definition) is 0. The molecule has 4 nitrogen and oxygen atoms in total. The summed E-state index contributed by atoms with van der Waals surface area (Å²) in [5, 5.41) is 0.487. The van der Waals surface area contributed by atoms with Crippen molar-refractivity contribution in [2.45, 2.75) is 6.54 Å². The summed E-state index contributed by atoms with van der Waals surface area (Å²) in [6.45, 7) is 0.139. The van der Waals surface area contributed by atoms with Gasteiger partial charge < -0.3 is 4.74 Å². The molecule has 27 heavy (non-hydrogen) atoms. The number of carbonyl (C=O) groups is 2. The van der Waals surface area contributed by atoms with Crippen molar-refractivity contribution >= 4 is 97.4 Å². The minimum Gasteiger partial charge on any atom is -0.495 e. The molecule has 0 saturated carbocycles. The van der Waals surface area contributed by atoms with E-state index in [0.717, 1.165) is 30.0 Å². The van der Waals surface area contributed by atoms with Crippen LogP contribution in [0.4, 0.5) is 4.79 Å². The van der Waals surface area contributed by atoms with E-state index in [4.69, 9.17) is 27.9 Å². The van der Waals surface area contributed by atoms with Gasteiger partial charge in [0.15, 0.2) is 0 Å². The topological polar surface area (TPSA) is 46.6 Å². The van der Waals surface area contributed by atoms with Crippen molar-refractivity contribution in [2.75, 3.05) is 7.11 Å². The second-order valence-corrected chi connectivity index (χ2v) is 9.74.